The number of hydrazone groups is 1. The summed E-state index contributed by atoms with van der Waals surface area (Å²) in [6.07, 6.45) is 5.35. The first-order chi connectivity index (χ1) is 15.6. The molecule has 3 aromatic rings. The number of carbonyl (C=O) groups excluding carboxylic acids is 1. The summed E-state index contributed by atoms with van der Waals surface area (Å²) in [6.45, 7) is 0. The highest BCUT2D eigenvalue weighted by Gasteiger charge is 2.29. The molecule has 0 saturated carbocycles. The lowest BCUT2D eigenvalue weighted by Crippen LogP contribution is -2.27. The van der Waals surface area contributed by atoms with Crippen LogP contribution in [0.2, 0.25) is 5.02 Å². The van der Waals surface area contributed by atoms with Gasteiger partial charge in [0.25, 0.3) is 0 Å². The maximum absolute atomic E-state index is 11.7. The van der Waals surface area contributed by atoms with Crippen LogP contribution >= 0.6 is 23.4 Å². The Morgan fingerprint density at radius 3 is 2.59 bits per heavy atom. The van der Waals surface area contributed by atoms with Crippen LogP contribution in [0.15, 0.2) is 76.2 Å². The minimum absolute atomic E-state index is 0.552. The van der Waals surface area contributed by atoms with E-state index in [0.29, 0.717) is 22.8 Å². The zero-order chi connectivity index (χ0) is 22.2. The predicted molar refractivity (Wildman–Crippen MR) is 135 cm³/mol. The van der Waals surface area contributed by atoms with E-state index >= 15 is 0 Å². The molecule has 0 atom stereocenters. The summed E-state index contributed by atoms with van der Waals surface area (Å²) in [6, 6.07) is 20.3. The first-order valence-electron chi connectivity index (χ1n) is 10.4. The molecule has 1 aliphatic heterocycles. The molecule has 3 aromatic carbocycles. The fourth-order valence-corrected chi connectivity index (χ4v) is 5.02. The molecule has 2 aliphatic rings. The van der Waals surface area contributed by atoms with Crippen LogP contribution in [0.4, 0.5) is 11.4 Å². The van der Waals surface area contributed by atoms with E-state index in [-0.39, 0.29) is 0 Å². The van der Waals surface area contributed by atoms with Gasteiger partial charge in [0.2, 0.25) is 0 Å². The van der Waals surface area contributed by atoms with Crippen LogP contribution in [-0.4, -0.2) is 18.3 Å². The van der Waals surface area contributed by atoms with Gasteiger partial charge >= 0.3 is 0 Å². The number of anilines is 2. The van der Waals surface area contributed by atoms with E-state index in [1.54, 1.807) is 11.8 Å². The van der Waals surface area contributed by atoms with Crippen LogP contribution in [0.25, 0.3) is 16.8 Å². The highest BCUT2D eigenvalue weighted by molar-refractivity contribution is 7.98. The second-order valence-corrected chi connectivity index (χ2v) is 9.25. The average molecular weight is 460 g/mol. The lowest BCUT2D eigenvalue weighted by molar-refractivity contribution is -0.102. The third kappa shape index (κ3) is 3.72. The highest BCUT2D eigenvalue weighted by Crippen LogP contribution is 2.42. The lowest BCUT2D eigenvalue weighted by Gasteiger charge is -2.34. The van der Waals surface area contributed by atoms with Gasteiger partial charge in [-0.25, -0.2) is 5.01 Å². The summed E-state index contributed by atoms with van der Waals surface area (Å²) in [7, 11) is 0. The van der Waals surface area contributed by atoms with Crippen molar-refractivity contribution in [3.63, 3.8) is 0 Å². The van der Waals surface area contributed by atoms with Gasteiger partial charge in [0.1, 0.15) is 5.71 Å². The first-order valence-corrected chi connectivity index (χ1v) is 12.0. The number of rotatable bonds is 4. The van der Waals surface area contributed by atoms with E-state index in [9.17, 15) is 4.79 Å². The quantitative estimate of drug-likeness (QED) is 0.277. The van der Waals surface area contributed by atoms with Gasteiger partial charge in [-0.15, -0.1) is 11.8 Å². The Bertz CT molecular complexity index is 1280. The summed E-state index contributed by atoms with van der Waals surface area (Å²) >= 11 is 8.20. The van der Waals surface area contributed by atoms with Crippen molar-refractivity contribution in [1.82, 2.24) is 0 Å². The maximum Gasteiger partial charge on any atom is 0.166 e. The molecule has 160 valence electrons. The molecule has 1 heterocycles. The molecule has 4 nitrogen and oxygen atoms in total. The van der Waals surface area contributed by atoms with E-state index in [4.69, 9.17) is 22.4 Å². The van der Waals surface area contributed by atoms with Gasteiger partial charge in [0, 0.05) is 33.2 Å². The predicted octanol–water partition coefficient (Wildman–Crippen LogP) is 6.43. The van der Waals surface area contributed by atoms with Crippen molar-refractivity contribution in [2.24, 2.45) is 5.10 Å². The molecular weight excluding hydrogens is 438 g/mol. The van der Waals surface area contributed by atoms with Gasteiger partial charge in [-0.2, -0.15) is 5.10 Å². The average Bonchev–Trinajstić information content (AvgIpc) is 2.84. The fraction of sp³-hybridized carbons (Fsp3) is 0.154. The zero-order valence-corrected chi connectivity index (χ0v) is 19.2. The second-order valence-electron chi connectivity index (χ2n) is 7.96. The van der Waals surface area contributed by atoms with E-state index in [1.807, 2.05) is 23.2 Å². The number of allylic oxidation sites excluding steroid dienone is 1. The van der Waals surface area contributed by atoms with Crippen molar-refractivity contribution >= 4 is 52.4 Å². The number of aldehydes is 1. The molecule has 5 rings (SSSR count). The molecule has 0 bridgehead atoms. The number of benzene rings is 3. The van der Waals surface area contributed by atoms with E-state index in [0.717, 1.165) is 47.2 Å². The molecule has 0 amide bonds. The zero-order valence-electron chi connectivity index (χ0n) is 17.6. The van der Waals surface area contributed by atoms with Crippen molar-refractivity contribution in [1.29, 1.82) is 0 Å². The topological polar surface area (TPSA) is 58.7 Å². The summed E-state index contributed by atoms with van der Waals surface area (Å²) in [4.78, 5) is 12.8. The smallest absolute Gasteiger partial charge is 0.166 e. The first kappa shape index (κ1) is 20.9. The molecule has 1 aliphatic carbocycles. The Balaban J connectivity index is 1.66. The van der Waals surface area contributed by atoms with Crippen LogP contribution < -0.4 is 10.7 Å². The van der Waals surface area contributed by atoms with Crippen molar-refractivity contribution in [2.45, 2.75) is 24.2 Å². The number of aryl methyl sites for hydroxylation is 1. The largest absolute Gasteiger partial charge is 0.399 e. The molecule has 2 N–H and O–H groups in total. The normalized spacial score (nSPS) is 15.2. The monoisotopic (exact) mass is 459 g/mol. The van der Waals surface area contributed by atoms with Crippen LogP contribution in [0, 0.1) is 0 Å². The number of nitrogens with zero attached hydrogens (tertiary/aromatic N) is 2. The summed E-state index contributed by atoms with van der Waals surface area (Å²) in [5, 5.41) is 7.31. The van der Waals surface area contributed by atoms with Crippen molar-refractivity contribution in [3.8, 4) is 11.1 Å². The number of hydrogen-bond donors (Lipinski definition) is 1. The minimum atomic E-state index is 0.552. The Hall–Kier alpha value is -3.02. The molecule has 0 saturated heterocycles. The molecule has 0 fully saturated rings. The number of thioether (sulfide) groups is 1. The third-order valence-electron chi connectivity index (χ3n) is 5.99. The number of nitrogen functional groups attached to an aromatic ring is 1. The number of carbonyl (C=O) groups is 1. The summed E-state index contributed by atoms with van der Waals surface area (Å²) < 4.78 is 0. The Morgan fingerprint density at radius 1 is 1.03 bits per heavy atom. The Kier molecular flexibility index (Phi) is 5.53. The maximum atomic E-state index is 11.7. The van der Waals surface area contributed by atoms with Crippen molar-refractivity contribution in [2.75, 3.05) is 17.0 Å². The molecule has 0 radical (unpaired) electrons. The van der Waals surface area contributed by atoms with E-state index in [2.05, 4.69) is 48.7 Å². The van der Waals surface area contributed by atoms with Crippen LogP contribution in [0.5, 0.6) is 0 Å². The molecule has 0 aromatic heterocycles. The van der Waals surface area contributed by atoms with Gasteiger partial charge in [0.15, 0.2) is 6.29 Å². The van der Waals surface area contributed by atoms with Gasteiger partial charge in [-0.3, -0.25) is 4.79 Å². The Labute approximate surface area is 196 Å². The lowest BCUT2D eigenvalue weighted by atomic mass is 9.84. The van der Waals surface area contributed by atoms with E-state index in [1.165, 1.54) is 16.0 Å². The van der Waals surface area contributed by atoms with Gasteiger partial charge in [-0.05, 0) is 84.3 Å². The SMILES string of the molecule is CSc1ccc(N2N=C(C=O)CC3=C2c2cc(-c4cc(N)ccc4Cl)ccc2CC3)cc1. The number of halogens is 1. The minimum Gasteiger partial charge on any atom is -0.399 e. The second kappa shape index (κ2) is 8.49. The van der Waals surface area contributed by atoms with Gasteiger partial charge < -0.3 is 5.73 Å². The fourth-order valence-electron chi connectivity index (χ4n) is 4.38. The molecular formula is C26H22ClN3OS. The Morgan fingerprint density at radius 2 is 1.84 bits per heavy atom. The van der Waals surface area contributed by atoms with Gasteiger partial charge in [-0.1, -0.05) is 23.7 Å². The van der Waals surface area contributed by atoms with Crippen LogP contribution in [0.1, 0.15) is 24.0 Å². The van der Waals surface area contributed by atoms with Crippen molar-refractivity contribution in [3.05, 3.63) is 82.4 Å². The summed E-state index contributed by atoms with van der Waals surface area (Å²) in [5.41, 5.74) is 14.8. The molecule has 6 heteroatoms. The van der Waals surface area contributed by atoms with Crippen LogP contribution in [-0.2, 0) is 11.2 Å². The molecule has 32 heavy (non-hydrogen) atoms. The standard InChI is InChI=1S/C26H22ClN3OS/c1-32-22-9-7-21(8-10-22)30-26-18(12-20(15-31)29-30)5-3-16-2-4-17(13-24(16)26)23-14-19(28)6-11-25(23)27/h2,4,6-11,13-15H,3,5,12,28H2,1H3. The molecule has 0 unspecified atom stereocenters. The summed E-state index contributed by atoms with van der Waals surface area (Å²) in [5.74, 6) is 0. The number of hydrogen-bond acceptors (Lipinski definition) is 5. The molecule has 0 spiro atoms. The van der Waals surface area contributed by atoms with Crippen LogP contribution in [0.3, 0.4) is 0 Å². The number of fused-ring (bicyclic) bond motifs is 2. The highest BCUT2D eigenvalue weighted by atomic mass is 35.5. The third-order valence-corrected chi connectivity index (χ3v) is 7.06. The van der Waals surface area contributed by atoms with E-state index < -0.39 is 0 Å². The van der Waals surface area contributed by atoms with Gasteiger partial charge in [0.05, 0.1) is 11.4 Å². The van der Waals surface area contributed by atoms with Crippen molar-refractivity contribution < 1.29 is 4.79 Å². The number of nitrogens with two attached hydrogens (primary N) is 1.